The van der Waals surface area contributed by atoms with Gasteiger partial charge >= 0.3 is 0 Å². The van der Waals surface area contributed by atoms with Crippen LogP contribution in [-0.4, -0.2) is 55.8 Å². The lowest BCUT2D eigenvalue weighted by molar-refractivity contribution is 0.203. The van der Waals surface area contributed by atoms with Crippen LogP contribution >= 0.6 is 12.4 Å². The van der Waals surface area contributed by atoms with E-state index >= 15 is 0 Å². The molecule has 1 saturated heterocycles. The molecule has 0 saturated carbocycles. The van der Waals surface area contributed by atoms with E-state index in [1.54, 1.807) is 37.5 Å². The molecule has 1 atom stereocenters. The van der Waals surface area contributed by atoms with Gasteiger partial charge < -0.3 is 4.90 Å². The Kier molecular flexibility index (Phi) is 9.65. The first kappa shape index (κ1) is 26.4. The summed E-state index contributed by atoms with van der Waals surface area (Å²) < 4.78 is 27.6. The SMILES string of the molecule is CN(C[C@H](CCN1CCC(c2ccccc2)CC1)c1cccnc1)S(=O)(=O)c1ccccc1.Cl. The van der Waals surface area contributed by atoms with Gasteiger partial charge in [0, 0.05) is 31.9 Å². The van der Waals surface area contributed by atoms with Gasteiger partial charge in [-0.3, -0.25) is 4.98 Å². The normalized spacial score (nSPS) is 16.2. The Morgan fingerprint density at radius 2 is 1.62 bits per heavy atom. The molecule has 3 aromatic rings. The quantitative estimate of drug-likeness (QED) is 0.407. The predicted molar refractivity (Wildman–Crippen MR) is 140 cm³/mol. The van der Waals surface area contributed by atoms with E-state index in [1.807, 2.05) is 18.3 Å². The lowest BCUT2D eigenvalue weighted by Gasteiger charge is -2.33. The van der Waals surface area contributed by atoms with Crippen LogP contribution in [0.3, 0.4) is 0 Å². The average Bonchev–Trinajstić information content (AvgIpc) is 2.88. The fraction of sp³-hybridized carbons (Fsp3) is 0.370. The highest BCUT2D eigenvalue weighted by atomic mass is 35.5. The second-order valence-electron chi connectivity index (χ2n) is 8.90. The Bertz CT molecular complexity index is 1090. The van der Waals surface area contributed by atoms with E-state index in [2.05, 4.69) is 46.3 Å². The maximum Gasteiger partial charge on any atom is 0.242 e. The number of nitrogens with zero attached hydrogens (tertiary/aromatic N) is 3. The maximum atomic E-state index is 13.1. The fourth-order valence-electron chi connectivity index (χ4n) is 4.72. The van der Waals surface area contributed by atoms with Gasteiger partial charge in [-0.1, -0.05) is 54.6 Å². The highest BCUT2D eigenvalue weighted by Gasteiger charge is 2.26. The first-order chi connectivity index (χ1) is 16.0. The maximum absolute atomic E-state index is 13.1. The lowest BCUT2D eigenvalue weighted by atomic mass is 9.89. The minimum absolute atomic E-state index is 0. The van der Waals surface area contributed by atoms with Crippen molar-refractivity contribution in [3.8, 4) is 0 Å². The molecular formula is C27H34ClN3O2S. The number of likely N-dealkylation sites (N-methyl/N-ethyl adjacent to an activating group) is 1. The van der Waals surface area contributed by atoms with Crippen LogP contribution in [0.2, 0.25) is 0 Å². The molecule has 1 aliphatic rings. The molecule has 0 bridgehead atoms. The van der Waals surface area contributed by atoms with E-state index in [9.17, 15) is 8.42 Å². The second-order valence-corrected chi connectivity index (χ2v) is 10.9. The van der Waals surface area contributed by atoms with Crippen LogP contribution < -0.4 is 0 Å². The topological polar surface area (TPSA) is 53.5 Å². The van der Waals surface area contributed by atoms with Crippen molar-refractivity contribution in [1.82, 2.24) is 14.2 Å². The molecule has 0 spiro atoms. The molecule has 2 heterocycles. The summed E-state index contributed by atoms with van der Waals surface area (Å²) in [7, 11) is -1.85. The van der Waals surface area contributed by atoms with Gasteiger partial charge in [-0.15, -0.1) is 12.4 Å². The molecular weight excluding hydrogens is 466 g/mol. The lowest BCUT2D eigenvalue weighted by Crippen LogP contribution is -2.36. The fourth-order valence-corrected chi connectivity index (χ4v) is 5.95. The summed E-state index contributed by atoms with van der Waals surface area (Å²) in [5.74, 6) is 0.729. The Labute approximate surface area is 210 Å². The third-order valence-electron chi connectivity index (χ3n) is 6.74. The Hall–Kier alpha value is -2.25. The molecule has 182 valence electrons. The monoisotopic (exact) mass is 499 g/mol. The second kappa shape index (κ2) is 12.5. The van der Waals surface area contributed by atoms with Gasteiger partial charge in [0.15, 0.2) is 0 Å². The van der Waals surface area contributed by atoms with E-state index in [1.165, 1.54) is 22.7 Å². The number of sulfonamides is 1. The van der Waals surface area contributed by atoms with Crippen LogP contribution in [-0.2, 0) is 10.0 Å². The molecule has 1 fully saturated rings. The summed E-state index contributed by atoms with van der Waals surface area (Å²) in [6.45, 7) is 3.55. The molecule has 1 aliphatic heterocycles. The van der Waals surface area contributed by atoms with Crippen molar-refractivity contribution in [2.24, 2.45) is 0 Å². The number of pyridine rings is 1. The van der Waals surface area contributed by atoms with Crippen molar-refractivity contribution >= 4 is 22.4 Å². The zero-order valence-electron chi connectivity index (χ0n) is 19.7. The van der Waals surface area contributed by atoms with E-state index in [4.69, 9.17) is 0 Å². The van der Waals surface area contributed by atoms with Gasteiger partial charge in [0.05, 0.1) is 4.90 Å². The van der Waals surface area contributed by atoms with Crippen LogP contribution in [0.4, 0.5) is 0 Å². The molecule has 0 unspecified atom stereocenters. The molecule has 7 heteroatoms. The first-order valence-electron chi connectivity index (χ1n) is 11.7. The summed E-state index contributed by atoms with van der Waals surface area (Å²) in [6.07, 6.45) is 6.87. The number of halogens is 1. The zero-order valence-corrected chi connectivity index (χ0v) is 21.3. The van der Waals surface area contributed by atoms with Crippen LogP contribution in [0, 0.1) is 0 Å². The Morgan fingerprint density at radius 1 is 0.971 bits per heavy atom. The number of rotatable bonds is 9. The van der Waals surface area contributed by atoms with Crippen LogP contribution in [0.1, 0.15) is 42.2 Å². The van der Waals surface area contributed by atoms with E-state index in [-0.39, 0.29) is 18.3 Å². The molecule has 0 radical (unpaired) electrons. The standard InChI is InChI=1S/C27H33N3O2S.ClH/c1-29(33(31,32)27-12-6-3-7-13-27)22-26(25-11-8-17-28-21-25)16-20-30-18-14-24(15-19-30)23-9-4-2-5-10-23;/h2-13,17,21,24,26H,14-16,18-20,22H2,1H3;1H/t26-;/m0./s1. The number of hydrogen-bond acceptors (Lipinski definition) is 4. The Balaban J connectivity index is 0.00000324. The highest BCUT2D eigenvalue weighted by molar-refractivity contribution is 7.89. The molecule has 1 aromatic heterocycles. The number of benzene rings is 2. The molecule has 2 aromatic carbocycles. The van der Waals surface area contributed by atoms with Crippen molar-refractivity contribution in [1.29, 1.82) is 0 Å². The number of hydrogen-bond donors (Lipinski definition) is 0. The van der Waals surface area contributed by atoms with Crippen LogP contribution in [0.25, 0.3) is 0 Å². The van der Waals surface area contributed by atoms with Crippen molar-refractivity contribution in [3.05, 3.63) is 96.3 Å². The molecule has 0 amide bonds. The number of likely N-dealkylation sites (tertiary alicyclic amines) is 1. The molecule has 0 N–H and O–H groups in total. The van der Waals surface area contributed by atoms with Gasteiger partial charge in [-0.05, 0) is 74.1 Å². The molecule has 4 rings (SSSR count). The number of piperidine rings is 1. The average molecular weight is 500 g/mol. The largest absolute Gasteiger partial charge is 0.303 e. The van der Waals surface area contributed by atoms with Crippen LogP contribution in [0.5, 0.6) is 0 Å². The summed E-state index contributed by atoms with van der Waals surface area (Å²) in [4.78, 5) is 7.15. The summed E-state index contributed by atoms with van der Waals surface area (Å²) in [6, 6.07) is 23.5. The summed E-state index contributed by atoms with van der Waals surface area (Å²) in [5.41, 5.74) is 2.53. The van der Waals surface area contributed by atoms with Crippen molar-refractivity contribution in [2.45, 2.75) is 36.0 Å². The van der Waals surface area contributed by atoms with Gasteiger partial charge in [0.2, 0.25) is 10.0 Å². The van der Waals surface area contributed by atoms with Crippen molar-refractivity contribution in [2.75, 3.05) is 33.2 Å². The van der Waals surface area contributed by atoms with Crippen LogP contribution in [0.15, 0.2) is 90.1 Å². The molecule has 34 heavy (non-hydrogen) atoms. The van der Waals surface area contributed by atoms with E-state index in [0.717, 1.165) is 31.6 Å². The highest BCUT2D eigenvalue weighted by Crippen LogP contribution is 2.29. The van der Waals surface area contributed by atoms with Crippen molar-refractivity contribution < 1.29 is 8.42 Å². The van der Waals surface area contributed by atoms with Crippen molar-refractivity contribution in [3.63, 3.8) is 0 Å². The smallest absolute Gasteiger partial charge is 0.242 e. The summed E-state index contributed by atoms with van der Waals surface area (Å²) in [5, 5.41) is 0. The minimum atomic E-state index is -3.52. The Morgan fingerprint density at radius 3 is 2.24 bits per heavy atom. The molecule has 0 aliphatic carbocycles. The number of aromatic nitrogens is 1. The molecule has 5 nitrogen and oxygen atoms in total. The van der Waals surface area contributed by atoms with E-state index < -0.39 is 10.0 Å². The minimum Gasteiger partial charge on any atom is -0.303 e. The van der Waals surface area contributed by atoms with Gasteiger partial charge in [0.1, 0.15) is 0 Å². The van der Waals surface area contributed by atoms with Gasteiger partial charge in [-0.2, -0.15) is 0 Å². The predicted octanol–water partition coefficient (Wildman–Crippen LogP) is 5.18. The van der Waals surface area contributed by atoms with Gasteiger partial charge in [0.25, 0.3) is 0 Å². The third kappa shape index (κ3) is 6.66. The van der Waals surface area contributed by atoms with Gasteiger partial charge in [-0.25, -0.2) is 12.7 Å². The van der Waals surface area contributed by atoms with E-state index in [0.29, 0.717) is 17.4 Å². The zero-order chi connectivity index (χ0) is 23.1. The third-order valence-corrected chi connectivity index (χ3v) is 8.57. The first-order valence-corrected chi connectivity index (χ1v) is 13.2. The summed E-state index contributed by atoms with van der Waals surface area (Å²) >= 11 is 0.